The zero-order valence-electron chi connectivity index (χ0n) is 12.3. The number of hydrogen-bond acceptors (Lipinski definition) is 3. The fourth-order valence-electron chi connectivity index (χ4n) is 3.69. The van der Waals surface area contributed by atoms with E-state index in [1.165, 1.54) is 22.4 Å². The van der Waals surface area contributed by atoms with E-state index in [0.29, 0.717) is 11.8 Å². The summed E-state index contributed by atoms with van der Waals surface area (Å²) in [6, 6.07) is 15.0. The average Bonchev–Trinajstić information content (AvgIpc) is 2.61. The quantitative estimate of drug-likeness (QED) is 0.804. The highest BCUT2D eigenvalue weighted by Crippen LogP contribution is 2.39. The number of piperazine rings is 1. The minimum absolute atomic E-state index is 0.360. The van der Waals surface area contributed by atoms with Gasteiger partial charge in [0.05, 0.1) is 6.04 Å². The first kappa shape index (κ1) is 12.7. The smallest absolute Gasteiger partial charge is 0.116 e. The number of anilines is 1. The molecule has 1 N–H and O–H groups in total. The van der Waals surface area contributed by atoms with Gasteiger partial charge in [0, 0.05) is 25.3 Å². The summed E-state index contributed by atoms with van der Waals surface area (Å²) in [6.45, 7) is 3.17. The van der Waals surface area contributed by atoms with Crippen molar-refractivity contribution in [2.75, 3.05) is 31.6 Å². The number of phenols is 1. The van der Waals surface area contributed by atoms with Crippen molar-refractivity contribution in [1.82, 2.24) is 4.90 Å². The summed E-state index contributed by atoms with van der Waals surface area (Å²) < 4.78 is 0. The molecule has 0 bridgehead atoms. The van der Waals surface area contributed by atoms with Gasteiger partial charge in [-0.25, -0.2) is 0 Å². The van der Waals surface area contributed by atoms with Gasteiger partial charge in [-0.2, -0.15) is 0 Å². The molecular formula is C18H20N2O. The molecule has 1 fully saturated rings. The van der Waals surface area contributed by atoms with Crippen LogP contribution in [-0.2, 0) is 6.42 Å². The topological polar surface area (TPSA) is 26.7 Å². The van der Waals surface area contributed by atoms with Crippen LogP contribution in [0.5, 0.6) is 5.75 Å². The highest BCUT2D eigenvalue weighted by molar-refractivity contribution is 5.62. The fourth-order valence-corrected chi connectivity index (χ4v) is 3.69. The molecule has 0 unspecified atom stereocenters. The number of benzene rings is 2. The Bertz CT molecular complexity index is 683. The van der Waals surface area contributed by atoms with E-state index in [2.05, 4.69) is 47.2 Å². The van der Waals surface area contributed by atoms with Gasteiger partial charge in [0.1, 0.15) is 5.75 Å². The van der Waals surface area contributed by atoms with Crippen molar-refractivity contribution in [3.05, 3.63) is 59.2 Å². The van der Waals surface area contributed by atoms with E-state index in [0.717, 1.165) is 26.1 Å². The molecule has 3 heteroatoms. The summed E-state index contributed by atoms with van der Waals surface area (Å²) in [7, 11) is 2.20. The van der Waals surface area contributed by atoms with Gasteiger partial charge in [0.15, 0.2) is 0 Å². The van der Waals surface area contributed by atoms with Crippen molar-refractivity contribution in [3.63, 3.8) is 0 Å². The van der Waals surface area contributed by atoms with E-state index in [1.54, 1.807) is 0 Å². The molecule has 0 radical (unpaired) electrons. The predicted octanol–water partition coefficient (Wildman–Crippen LogP) is 2.79. The molecule has 2 aromatic rings. The van der Waals surface area contributed by atoms with Gasteiger partial charge in [0.2, 0.25) is 0 Å². The van der Waals surface area contributed by atoms with Crippen molar-refractivity contribution in [2.45, 2.75) is 12.5 Å². The SMILES string of the molecule is CN1CCN2c3ccc(O)cc3Cc3ccccc3[C@H]2C1. The van der Waals surface area contributed by atoms with Crippen LogP contribution in [0.2, 0.25) is 0 Å². The Labute approximate surface area is 125 Å². The van der Waals surface area contributed by atoms with E-state index in [4.69, 9.17) is 0 Å². The Morgan fingerprint density at radius 1 is 1.05 bits per heavy atom. The monoisotopic (exact) mass is 280 g/mol. The maximum Gasteiger partial charge on any atom is 0.116 e. The summed E-state index contributed by atoms with van der Waals surface area (Å²) in [5.41, 5.74) is 5.32. The van der Waals surface area contributed by atoms with Gasteiger partial charge in [-0.15, -0.1) is 0 Å². The number of fused-ring (bicyclic) bond motifs is 5. The van der Waals surface area contributed by atoms with E-state index in [9.17, 15) is 5.11 Å². The number of nitrogens with zero attached hydrogens (tertiary/aromatic N) is 2. The largest absolute Gasteiger partial charge is 0.508 e. The van der Waals surface area contributed by atoms with Crippen LogP contribution in [0.3, 0.4) is 0 Å². The maximum absolute atomic E-state index is 9.84. The Kier molecular flexibility index (Phi) is 2.89. The lowest BCUT2D eigenvalue weighted by atomic mass is 9.96. The maximum atomic E-state index is 9.84. The molecule has 2 aromatic carbocycles. The Balaban J connectivity index is 1.90. The average molecular weight is 280 g/mol. The molecule has 3 nitrogen and oxygen atoms in total. The first-order valence-corrected chi connectivity index (χ1v) is 7.57. The fraction of sp³-hybridized carbons (Fsp3) is 0.333. The third-order valence-electron chi connectivity index (χ3n) is 4.75. The molecule has 1 saturated heterocycles. The molecule has 2 heterocycles. The van der Waals surface area contributed by atoms with Crippen molar-refractivity contribution in [1.29, 1.82) is 0 Å². The lowest BCUT2D eigenvalue weighted by Gasteiger charge is -2.41. The third kappa shape index (κ3) is 2.09. The van der Waals surface area contributed by atoms with Crippen LogP contribution in [0.1, 0.15) is 22.7 Å². The molecule has 4 rings (SSSR count). The van der Waals surface area contributed by atoms with Crippen LogP contribution in [0.15, 0.2) is 42.5 Å². The number of hydrogen-bond donors (Lipinski definition) is 1. The van der Waals surface area contributed by atoms with E-state index >= 15 is 0 Å². The van der Waals surface area contributed by atoms with Gasteiger partial charge in [-0.3, -0.25) is 0 Å². The van der Waals surface area contributed by atoms with Crippen LogP contribution in [0, 0.1) is 0 Å². The molecule has 21 heavy (non-hydrogen) atoms. The second-order valence-electron chi connectivity index (χ2n) is 6.16. The zero-order chi connectivity index (χ0) is 14.4. The Hall–Kier alpha value is -2.00. The molecule has 1 atom stereocenters. The van der Waals surface area contributed by atoms with E-state index < -0.39 is 0 Å². The first-order chi connectivity index (χ1) is 10.2. The molecule has 108 valence electrons. The normalized spacial score (nSPS) is 21.2. The number of aromatic hydroxyl groups is 1. The summed E-state index contributed by atoms with van der Waals surface area (Å²) >= 11 is 0. The molecule has 2 aliphatic heterocycles. The third-order valence-corrected chi connectivity index (χ3v) is 4.75. The van der Waals surface area contributed by atoms with Crippen molar-refractivity contribution >= 4 is 5.69 Å². The Morgan fingerprint density at radius 2 is 1.90 bits per heavy atom. The zero-order valence-corrected chi connectivity index (χ0v) is 12.3. The van der Waals surface area contributed by atoms with Crippen LogP contribution >= 0.6 is 0 Å². The first-order valence-electron chi connectivity index (χ1n) is 7.57. The molecule has 0 amide bonds. The summed E-state index contributed by atoms with van der Waals surface area (Å²) in [6.07, 6.45) is 0.899. The second-order valence-corrected chi connectivity index (χ2v) is 6.16. The van der Waals surface area contributed by atoms with E-state index in [1.807, 2.05) is 12.1 Å². The Morgan fingerprint density at radius 3 is 2.81 bits per heavy atom. The minimum atomic E-state index is 0.360. The van der Waals surface area contributed by atoms with Crippen LogP contribution in [0.25, 0.3) is 0 Å². The lowest BCUT2D eigenvalue weighted by Crippen LogP contribution is -2.46. The second kappa shape index (κ2) is 4.78. The molecular weight excluding hydrogens is 260 g/mol. The van der Waals surface area contributed by atoms with Crippen LogP contribution in [-0.4, -0.2) is 36.7 Å². The molecule has 0 aliphatic carbocycles. The van der Waals surface area contributed by atoms with Gasteiger partial charge < -0.3 is 14.9 Å². The lowest BCUT2D eigenvalue weighted by molar-refractivity contribution is 0.269. The van der Waals surface area contributed by atoms with Gasteiger partial charge in [-0.1, -0.05) is 24.3 Å². The molecule has 0 saturated carbocycles. The van der Waals surface area contributed by atoms with Crippen LogP contribution < -0.4 is 4.90 Å². The number of rotatable bonds is 0. The summed E-state index contributed by atoms with van der Waals surface area (Å²) in [5, 5.41) is 9.84. The number of phenolic OH excluding ortho intramolecular Hbond substituents is 1. The predicted molar refractivity (Wildman–Crippen MR) is 84.9 cm³/mol. The molecule has 2 aliphatic rings. The highest BCUT2D eigenvalue weighted by Gasteiger charge is 2.32. The summed E-state index contributed by atoms with van der Waals surface area (Å²) in [5.74, 6) is 0.360. The number of likely N-dealkylation sites (N-methyl/N-ethyl adjacent to an activating group) is 1. The van der Waals surface area contributed by atoms with E-state index in [-0.39, 0.29) is 0 Å². The molecule has 0 aromatic heterocycles. The van der Waals surface area contributed by atoms with Gasteiger partial charge >= 0.3 is 0 Å². The van der Waals surface area contributed by atoms with Crippen LogP contribution in [0.4, 0.5) is 5.69 Å². The van der Waals surface area contributed by atoms with Gasteiger partial charge in [0.25, 0.3) is 0 Å². The van der Waals surface area contributed by atoms with Crippen molar-refractivity contribution in [3.8, 4) is 5.75 Å². The van der Waals surface area contributed by atoms with Gasteiger partial charge in [-0.05, 0) is 48.4 Å². The van der Waals surface area contributed by atoms with Crippen molar-refractivity contribution < 1.29 is 5.11 Å². The molecule has 0 spiro atoms. The highest BCUT2D eigenvalue weighted by atomic mass is 16.3. The summed E-state index contributed by atoms with van der Waals surface area (Å²) in [4.78, 5) is 4.92. The minimum Gasteiger partial charge on any atom is -0.508 e. The standard InChI is InChI=1S/C18H20N2O/c1-19-8-9-20-17-7-6-15(21)11-14(17)10-13-4-2-3-5-16(13)18(20)12-19/h2-7,11,18,21H,8-10,12H2,1H3/t18-/m1/s1. The van der Waals surface area contributed by atoms with Crippen molar-refractivity contribution in [2.24, 2.45) is 0 Å².